The molecule has 4 nitrogen and oxygen atoms in total. The minimum atomic E-state index is -0.179. The summed E-state index contributed by atoms with van der Waals surface area (Å²) in [6, 6.07) is 4.92. The molecule has 0 aromatic heterocycles. The molecule has 0 aliphatic heterocycles. The normalized spacial score (nSPS) is 14.8. The van der Waals surface area contributed by atoms with Crippen molar-refractivity contribution in [3.05, 3.63) is 23.8 Å². The van der Waals surface area contributed by atoms with Crippen LogP contribution in [0.15, 0.2) is 18.2 Å². The van der Waals surface area contributed by atoms with Gasteiger partial charge < -0.3 is 14.7 Å². The highest BCUT2D eigenvalue weighted by atomic mass is 35.5. The molecule has 1 saturated carbocycles. The maximum absolute atomic E-state index is 12.5. The standard InChI is InChI=1S/C14H18ClNO3/c1-19-11-5-6-13(17)12(9-11)14(18)16(8-7-15)10-3-2-4-10/h5-6,9-10,17H,2-4,7-8H2,1H3. The number of aromatic hydroxyl groups is 1. The largest absolute Gasteiger partial charge is 0.507 e. The SMILES string of the molecule is COc1ccc(O)c(C(=O)N(CCCl)C2CCC2)c1. The van der Waals surface area contributed by atoms with Crippen LogP contribution in [-0.4, -0.2) is 41.5 Å². The Bertz CT molecular complexity index is 460. The highest BCUT2D eigenvalue weighted by molar-refractivity contribution is 6.18. The van der Waals surface area contributed by atoms with E-state index in [2.05, 4.69) is 0 Å². The van der Waals surface area contributed by atoms with Crippen molar-refractivity contribution in [2.75, 3.05) is 19.5 Å². The van der Waals surface area contributed by atoms with Gasteiger partial charge >= 0.3 is 0 Å². The fourth-order valence-corrected chi connectivity index (χ4v) is 2.39. The van der Waals surface area contributed by atoms with Gasteiger partial charge in [-0.3, -0.25) is 4.79 Å². The van der Waals surface area contributed by atoms with Crippen LogP contribution in [0.3, 0.4) is 0 Å². The Kier molecular flexibility index (Phi) is 4.53. The van der Waals surface area contributed by atoms with Crippen LogP contribution in [0.1, 0.15) is 29.6 Å². The molecule has 0 bridgehead atoms. The summed E-state index contributed by atoms with van der Waals surface area (Å²) >= 11 is 5.77. The van der Waals surface area contributed by atoms with Gasteiger partial charge in [-0.25, -0.2) is 0 Å². The van der Waals surface area contributed by atoms with Crippen LogP contribution in [0, 0.1) is 0 Å². The van der Waals surface area contributed by atoms with Crippen molar-refractivity contribution in [1.82, 2.24) is 4.90 Å². The predicted octanol–water partition coefficient (Wildman–Crippen LogP) is 2.63. The second kappa shape index (κ2) is 6.15. The van der Waals surface area contributed by atoms with E-state index in [4.69, 9.17) is 16.3 Å². The lowest BCUT2D eigenvalue weighted by atomic mass is 9.91. The second-order valence-electron chi connectivity index (χ2n) is 4.66. The maximum Gasteiger partial charge on any atom is 0.258 e. The van der Waals surface area contributed by atoms with Gasteiger partial charge in [0.15, 0.2) is 0 Å². The van der Waals surface area contributed by atoms with E-state index in [0.717, 1.165) is 19.3 Å². The van der Waals surface area contributed by atoms with E-state index < -0.39 is 0 Å². The van der Waals surface area contributed by atoms with Crippen molar-refractivity contribution in [1.29, 1.82) is 0 Å². The van der Waals surface area contributed by atoms with Crippen LogP contribution >= 0.6 is 11.6 Å². The van der Waals surface area contributed by atoms with Crippen molar-refractivity contribution in [2.24, 2.45) is 0 Å². The molecule has 1 aliphatic carbocycles. The average Bonchev–Trinajstić information content (AvgIpc) is 2.36. The van der Waals surface area contributed by atoms with E-state index in [1.807, 2.05) is 0 Å². The first-order valence-corrected chi connectivity index (χ1v) is 6.94. The van der Waals surface area contributed by atoms with Crippen LogP contribution in [-0.2, 0) is 0 Å². The Balaban J connectivity index is 2.24. The molecular weight excluding hydrogens is 266 g/mol. The molecule has 0 atom stereocenters. The number of methoxy groups -OCH3 is 1. The zero-order chi connectivity index (χ0) is 13.8. The van der Waals surface area contributed by atoms with Crippen LogP contribution in [0.25, 0.3) is 0 Å². The number of hydrogen-bond donors (Lipinski definition) is 1. The predicted molar refractivity (Wildman–Crippen MR) is 74.1 cm³/mol. The Morgan fingerprint density at radius 1 is 1.53 bits per heavy atom. The van der Waals surface area contributed by atoms with Crippen LogP contribution in [0.5, 0.6) is 11.5 Å². The van der Waals surface area contributed by atoms with Crippen molar-refractivity contribution in [2.45, 2.75) is 25.3 Å². The minimum Gasteiger partial charge on any atom is -0.507 e. The summed E-state index contributed by atoms with van der Waals surface area (Å²) in [4.78, 5) is 14.3. The quantitative estimate of drug-likeness (QED) is 0.845. The van der Waals surface area contributed by atoms with Gasteiger partial charge in [-0.2, -0.15) is 0 Å². The van der Waals surface area contributed by atoms with E-state index in [0.29, 0.717) is 18.2 Å². The fraction of sp³-hybridized carbons (Fsp3) is 0.500. The first-order chi connectivity index (χ1) is 9.17. The van der Waals surface area contributed by atoms with Crippen molar-refractivity contribution < 1.29 is 14.6 Å². The number of rotatable bonds is 5. The van der Waals surface area contributed by atoms with Gasteiger partial charge in [0.2, 0.25) is 0 Å². The van der Waals surface area contributed by atoms with Crippen LogP contribution < -0.4 is 4.74 Å². The Hall–Kier alpha value is -1.42. The molecule has 1 N–H and O–H groups in total. The first-order valence-electron chi connectivity index (χ1n) is 6.41. The highest BCUT2D eigenvalue weighted by Gasteiger charge is 2.30. The number of amides is 1. The van der Waals surface area contributed by atoms with Gasteiger partial charge in [-0.15, -0.1) is 11.6 Å². The lowest BCUT2D eigenvalue weighted by molar-refractivity contribution is 0.0594. The van der Waals surface area contributed by atoms with Gasteiger partial charge in [0, 0.05) is 18.5 Å². The highest BCUT2D eigenvalue weighted by Crippen LogP contribution is 2.29. The summed E-state index contributed by atoms with van der Waals surface area (Å²) in [6.45, 7) is 0.502. The van der Waals surface area contributed by atoms with E-state index in [9.17, 15) is 9.90 Å². The molecule has 1 aromatic carbocycles. The molecule has 0 spiro atoms. The molecule has 5 heteroatoms. The average molecular weight is 284 g/mol. The molecule has 2 rings (SSSR count). The first kappa shape index (κ1) is 14.0. The monoisotopic (exact) mass is 283 g/mol. The molecular formula is C14H18ClNO3. The molecule has 104 valence electrons. The third-order valence-corrected chi connectivity index (χ3v) is 3.70. The molecule has 0 unspecified atom stereocenters. The van der Waals surface area contributed by atoms with Crippen LogP contribution in [0.2, 0.25) is 0 Å². The van der Waals surface area contributed by atoms with E-state index >= 15 is 0 Å². The van der Waals surface area contributed by atoms with Crippen molar-refractivity contribution in [3.63, 3.8) is 0 Å². The van der Waals surface area contributed by atoms with Gasteiger partial charge in [0.25, 0.3) is 5.91 Å². The Labute approximate surface area is 117 Å². The molecule has 1 aliphatic rings. The molecule has 1 fully saturated rings. The summed E-state index contributed by atoms with van der Waals surface area (Å²) in [6.07, 6.45) is 3.15. The lowest BCUT2D eigenvalue weighted by Gasteiger charge is -2.37. The molecule has 1 aromatic rings. The number of phenolic OH excluding ortho intramolecular Hbond substituents is 1. The third-order valence-electron chi connectivity index (χ3n) is 3.54. The summed E-state index contributed by atoms with van der Waals surface area (Å²) in [7, 11) is 1.53. The summed E-state index contributed by atoms with van der Waals surface area (Å²) < 4.78 is 5.09. The number of ether oxygens (including phenoxy) is 1. The number of hydrogen-bond acceptors (Lipinski definition) is 3. The Morgan fingerprint density at radius 2 is 2.26 bits per heavy atom. The number of benzene rings is 1. The third kappa shape index (κ3) is 2.95. The Morgan fingerprint density at radius 3 is 2.79 bits per heavy atom. The topological polar surface area (TPSA) is 49.8 Å². The zero-order valence-electron chi connectivity index (χ0n) is 10.9. The van der Waals surface area contributed by atoms with Crippen molar-refractivity contribution >= 4 is 17.5 Å². The molecule has 0 heterocycles. The van der Waals surface area contributed by atoms with Crippen molar-refractivity contribution in [3.8, 4) is 11.5 Å². The number of alkyl halides is 1. The number of halogens is 1. The summed E-state index contributed by atoms with van der Waals surface area (Å²) in [5.74, 6) is 0.750. The minimum absolute atomic E-state index is 0.0234. The molecule has 1 amide bonds. The molecule has 19 heavy (non-hydrogen) atoms. The lowest BCUT2D eigenvalue weighted by Crippen LogP contribution is -2.45. The molecule has 0 saturated heterocycles. The smallest absolute Gasteiger partial charge is 0.258 e. The maximum atomic E-state index is 12.5. The number of nitrogens with zero attached hydrogens (tertiary/aromatic N) is 1. The number of carbonyl (C=O) groups is 1. The summed E-state index contributed by atoms with van der Waals surface area (Å²) in [5, 5.41) is 9.85. The van der Waals surface area contributed by atoms with Crippen LogP contribution in [0.4, 0.5) is 0 Å². The second-order valence-corrected chi connectivity index (χ2v) is 5.03. The van der Waals surface area contributed by atoms with Gasteiger partial charge in [-0.05, 0) is 37.5 Å². The van der Waals surface area contributed by atoms with E-state index in [1.54, 1.807) is 17.0 Å². The van der Waals surface area contributed by atoms with Gasteiger partial charge in [-0.1, -0.05) is 0 Å². The summed E-state index contributed by atoms with van der Waals surface area (Å²) in [5.41, 5.74) is 0.274. The van der Waals surface area contributed by atoms with E-state index in [-0.39, 0.29) is 23.3 Å². The van der Waals surface area contributed by atoms with E-state index in [1.165, 1.54) is 13.2 Å². The zero-order valence-corrected chi connectivity index (χ0v) is 11.7. The van der Waals surface area contributed by atoms with Gasteiger partial charge in [0.1, 0.15) is 11.5 Å². The van der Waals surface area contributed by atoms with Gasteiger partial charge in [0.05, 0.1) is 12.7 Å². The fourth-order valence-electron chi connectivity index (χ4n) is 2.21. The number of phenols is 1. The number of carbonyl (C=O) groups excluding carboxylic acids is 1. The molecule has 0 radical (unpaired) electrons.